The topological polar surface area (TPSA) is 35.5 Å². The van der Waals surface area contributed by atoms with Gasteiger partial charge in [0.15, 0.2) is 0 Å². The molecule has 0 atom stereocenters. The number of esters is 1. The molecule has 0 heterocycles. The van der Waals surface area contributed by atoms with Crippen LogP contribution in [0, 0.1) is 0 Å². The predicted molar refractivity (Wildman–Crippen MR) is 57.1 cm³/mol. The van der Waals surface area contributed by atoms with Crippen LogP contribution in [-0.2, 0) is 11.1 Å². The summed E-state index contributed by atoms with van der Waals surface area (Å²) in [7, 11) is 2.47. The van der Waals surface area contributed by atoms with Gasteiger partial charge in [-0.15, -0.1) is 0 Å². The summed E-state index contributed by atoms with van der Waals surface area (Å²) in [5.74, 6) is -0.569. The molecule has 0 saturated heterocycles. The zero-order valence-corrected chi connectivity index (χ0v) is 9.38. The van der Waals surface area contributed by atoms with Gasteiger partial charge in [-0.1, -0.05) is 17.9 Å². The number of hydrogen-bond donors (Lipinski definition) is 0. The van der Waals surface area contributed by atoms with Gasteiger partial charge in [0, 0.05) is 0 Å². The summed E-state index contributed by atoms with van der Waals surface area (Å²) >= 11 is 0. The van der Waals surface area contributed by atoms with E-state index in [-0.39, 0.29) is 16.9 Å². The predicted octanol–water partition coefficient (Wildman–Crippen LogP) is 2.41. The second-order valence-electron chi connectivity index (χ2n) is 3.44. The molecule has 1 rings (SSSR count). The molecule has 1 aromatic carbocycles. The highest BCUT2D eigenvalue weighted by Crippen LogP contribution is 2.24. The third kappa shape index (κ3) is 3.69. The summed E-state index contributed by atoms with van der Waals surface area (Å²) in [6.07, 6.45) is -1.00. The van der Waals surface area contributed by atoms with Crippen molar-refractivity contribution in [3.05, 3.63) is 29.3 Å². The Kier molecular flexibility index (Phi) is 4.04. The number of rotatable bonds is 4. The highest BCUT2D eigenvalue weighted by Gasteiger charge is 2.24. The molecule has 0 N–H and O–H groups in total. The van der Waals surface area contributed by atoms with E-state index in [1.807, 2.05) is 0 Å². The summed E-state index contributed by atoms with van der Waals surface area (Å²) in [5.41, 5.74) is 0.162. The van der Waals surface area contributed by atoms with Gasteiger partial charge >= 0.3 is 12.9 Å². The largest absolute Gasteiger partial charge is 0.496 e. The van der Waals surface area contributed by atoms with Gasteiger partial charge in [0.05, 0.1) is 14.2 Å². The molecule has 17 heavy (non-hydrogen) atoms. The minimum Gasteiger partial charge on any atom is -0.496 e. The number of methoxy groups -OCH3 is 2. The van der Waals surface area contributed by atoms with Crippen LogP contribution in [0.15, 0.2) is 18.2 Å². The average molecular weight is 247 g/mol. The van der Waals surface area contributed by atoms with Crippen LogP contribution in [0.4, 0.5) is 12.9 Å². The Balaban J connectivity index is 3.04. The van der Waals surface area contributed by atoms with Crippen molar-refractivity contribution < 1.29 is 27.2 Å². The summed E-state index contributed by atoms with van der Waals surface area (Å²) < 4.78 is 46.0. The number of halogens is 3. The van der Waals surface area contributed by atoms with Crippen LogP contribution in [-0.4, -0.2) is 27.2 Å². The molecule has 0 unspecified atom stereocenters. The fourth-order valence-electron chi connectivity index (χ4n) is 1.41. The molecular weight excluding hydrogens is 236 g/mol. The zero-order valence-electron chi connectivity index (χ0n) is 9.38. The van der Waals surface area contributed by atoms with Crippen LogP contribution < -0.4 is 4.74 Å². The van der Waals surface area contributed by atoms with E-state index < -0.39 is 19.3 Å². The van der Waals surface area contributed by atoms with Crippen LogP contribution in [0.5, 0.6) is 5.75 Å². The number of carbonyl (C=O) groups excluding carboxylic acids is 1. The van der Waals surface area contributed by atoms with Crippen molar-refractivity contribution in [1.29, 1.82) is 0 Å². The molecule has 94 valence electrons. The SMILES string of the molecule is COC(=O)c1ccc(C[B-](F)(F)F)cc1OC. The molecule has 0 aromatic heterocycles. The van der Waals surface area contributed by atoms with E-state index in [0.29, 0.717) is 0 Å². The van der Waals surface area contributed by atoms with Crippen LogP contribution in [0.25, 0.3) is 0 Å². The summed E-state index contributed by atoms with van der Waals surface area (Å²) in [5, 5.41) is 0. The van der Waals surface area contributed by atoms with Crippen molar-refractivity contribution in [3.8, 4) is 5.75 Å². The Morgan fingerprint density at radius 3 is 2.41 bits per heavy atom. The maximum absolute atomic E-state index is 12.2. The quantitative estimate of drug-likeness (QED) is 0.605. The Morgan fingerprint density at radius 2 is 1.94 bits per heavy atom. The average Bonchev–Trinajstić information content (AvgIpc) is 2.25. The van der Waals surface area contributed by atoms with Gasteiger partial charge in [0.1, 0.15) is 11.3 Å². The molecule has 0 saturated carbocycles. The molecule has 7 heteroatoms. The lowest BCUT2D eigenvalue weighted by Gasteiger charge is -2.15. The lowest BCUT2D eigenvalue weighted by Crippen LogP contribution is -2.19. The fraction of sp³-hybridized carbons (Fsp3) is 0.300. The van der Waals surface area contributed by atoms with Gasteiger partial charge in [0.25, 0.3) is 0 Å². The highest BCUT2D eigenvalue weighted by molar-refractivity contribution is 6.57. The first kappa shape index (κ1) is 13.4. The molecule has 0 aliphatic rings. The minimum absolute atomic E-state index is 0.0574. The van der Waals surface area contributed by atoms with Crippen LogP contribution >= 0.6 is 0 Å². The lowest BCUT2D eigenvalue weighted by atomic mass is 9.81. The standard InChI is InChI=1S/C10H11BF3O3/c1-16-9-5-7(6-11(12,13)14)3-4-8(9)10(15)17-2/h3-5H,6H2,1-2H3/q-1. The van der Waals surface area contributed by atoms with E-state index in [1.54, 1.807) is 0 Å². The lowest BCUT2D eigenvalue weighted by molar-refractivity contribution is 0.0597. The molecule has 1 aromatic rings. The Bertz CT molecular complexity index is 418. The Morgan fingerprint density at radius 1 is 1.29 bits per heavy atom. The van der Waals surface area contributed by atoms with Crippen LogP contribution in [0.1, 0.15) is 15.9 Å². The van der Waals surface area contributed by atoms with Crippen molar-refractivity contribution in [2.75, 3.05) is 14.2 Å². The zero-order chi connectivity index (χ0) is 13.1. The maximum atomic E-state index is 12.2. The first-order valence-electron chi connectivity index (χ1n) is 4.83. The molecule has 0 amide bonds. The molecular formula is C10H11BF3O3-. The fourth-order valence-corrected chi connectivity index (χ4v) is 1.41. The van der Waals surface area contributed by atoms with Gasteiger partial charge in [-0.05, 0) is 12.1 Å². The van der Waals surface area contributed by atoms with Crippen molar-refractivity contribution >= 4 is 12.9 Å². The number of ether oxygens (including phenoxy) is 2. The van der Waals surface area contributed by atoms with Gasteiger partial charge in [0.2, 0.25) is 0 Å². The van der Waals surface area contributed by atoms with Crippen LogP contribution in [0.2, 0.25) is 0 Å². The molecule has 0 bridgehead atoms. The maximum Gasteiger partial charge on any atom is 0.482 e. The van der Waals surface area contributed by atoms with Crippen molar-refractivity contribution in [1.82, 2.24) is 0 Å². The van der Waals surface area contributed by atoms with Gasteiger partial charge < -0.3 is 22.4 Å². The van der Waals surface area contributed by atoms with E-state index in [9.17, 15) is 17.7 Å². The van der Waals surface area contributed by atoms with Gasteiger partial charge in [-0.2, -0.15) is 0 Å². The summed E-state index contributed by atoms with van der Waals surface area (Å²) in [6.45, 7) is -4.91. The van der Waals surface area contributed by atoms with E-state index >= 15 is 0 Å². The molecule has 0 aliphatic carbocycles. The number of hydrogen-bond acceptors (Lipinski definition) is 3. The Hall–Kier alpha value is -1.66. The van der Waals surface area contributed by atoms with Gasteiger partial charge in [-0.25, -0.2) is 4.79 Å². The monoisotopic (exact) mass is 247 g/mol. The number of benzene rings is 1. The Labute approximate surface area is 96.6 Å². The number of carbonyl (C=O) groups is 1. The highest BCUT2D eigenvalue weighted by atomic mass is 19.4. The summed E-state index contributed by atoms with van der Waals surface area (Å²) in [4.78, 5) is 11.3. The second kappa shape index (κ2) is 5.12. The van der Waals surface area contributed by atoms with E-state index in [0.717, 1.165) is 0 Å². The smallest absolute Gasteiger partial charge is 0.482 e. The van der Waals surface area contributed by atoms with Crippen LogP contribution in [0.3, 0.4) is 0 Å². The van der Waals surface area contributed by atoms with E-state index in [2.05, 4.69) is 4.74 Å². The molecule has 3 nitrogen and oxygen atoms in total. The molecule has 0 fully saturated rings. The van der Waals surface area contributed by atoms with Crippen molar-refractivity contribution in [3.63, 3.8) is 0 Å². The molecule has 0 radical (unpaired) electrons. The van der Waals surface area contributed by atoms with E-state index in [1.165, 1.54) is 32.4 Å². The first-order chi connectivity index (χ1) is 7.87. The van der Waals surface area contributed by atoms with Crippen molar-refractivity contribution in [2.45, 2.75) is 6.32 Å². The van der Waals surface area contributed by atoms with E-state index in [4.69, 9.17) is 4.74 Å². The molecule has 0 aliphatic heterocycles. The molecule has 0 spiro atoms. The second-order valence-corrected chi connectivity index (χ2v) is 3.44. The first-order valence-corrected chi connectivity index (χ1v) is 4.83. The third-order valence-corrected chi connectivity index (χ3v) is 2.14. The normalized spacial score (nSPS) is 11.1. The minimum atomic E-state index is -4.91. The van der Waals surface area contributed by atoms with Crippen molar-refractivity contribution in [2.24, 2.45) is 0 Å². The summed E-state index contributed by atoms with van der Waals surface area (Å²) in [6, 6.07) is 3.70. The third-order valence-electron chi connectivity index (χ3n) is 2.14. The van der Waals surface area contributed by atoms with Gasteiger partial charge in [-0.3, -0.25) is 0 Å².